The fourth-order valence-electron chi connectivity index (χ4n) is 4.58. The van der Waals surface area contributed by atoms with Gasteiger partial charge in [0.2, 0.25) is 0 Å². The molecule has 1 heterocycles. The molecule has 2 spiro atoms. The smallest absolute Gasteiger partial charge is 0.262 e. The third-order valence-electron chi connectivity index (χ3n) is 6.07. The molecule has 3 aliphatic rings. The van der Waals surface area contributed by atoms with Gasteiger partial charge in [0.25, 0.3) is 5.91 Å². The lowest BCUT2D eigenvalue weighted by molar-refractivity contribution is -0.135. The molecule has 2 aliphatic carbocycles. The zero-order valence-electron chi connectivity index (χ0n) is 14.9. The van der Waals surface area contributed by atoms with Crippen molar-refractivity contribution in [2.45, 2.75) is 50.2 Å². The Labute approximate surface area is 154 Å². The Morgan fingerprint density at radius 1 is 1.40 bits per heavy atom. The van der Waals surface area contributed by atoms with Crippen LogP contribution in [0.15, 0.2) is 40.4 Å². The normalized spacial score (nSPS) is 39.6. The van der Waals surface area contributed by atoms with Crippen molar-refractivity contribution in [1.29, 1.82) is 0 Å². The third kappa shape index (κ3) is 2.74. The number of nitrogens with zero attached hydrogens (tertiary/aromatic N) is 2. The van der Waals surface area contributed by atoms with Crippen LogP contribution in [0.1, 0.15) is 38.5 Å². The molecule has 136 valence electrons. The minimum atomic E-state index is -1.07. The summed E-state index contributed by atoms with van der Waals surface area (Å²) in [4.78, 5) is 19.5. The Morgan fingerprint density at radius 2 is 2.08 bits per heavy atom. The van der Waals surface area contributed by atoms with E-state index in [0.29, 0.717) is 10.6 Å². The summed E-state index contributed by atoms with van der Waals surface area (Å²) in [6, 6.07) is 0. The minimum absolute atomic E-state index is 0.103. The fraction of sp³-hybridized carbons (Fsp3) is 0.579. The molecule has 0 aromatic heterocycles. The molecule has 1 saturated carbocycles. The highest BCUT2D eigenvalue weighted by atomic mass is 35.5. The van der Waals surface area contributed by atoms with Crippen molar-refractivity contribution >= 4 is 23.5 Å². The predicted molar refractivity (Wildman–Crippen MR) is 100 cm³/mol. The summed E-state index contributed by atoms with van der Waals surface area (Å²) < 4.78 is 5.54. The van der Waals surface area contributed by atoms with Crippen molar-refractivity contribution in [2.75, 3.05) is 14.2 Å². The van der Waals surface area contributed by atoms with E-state index in [4.69, 9.17) is 27.1 Å². The third-order valence-corrected chi connectivity index (χ3v) is 6.31. The molecule has 0 bridgehead atoms. The van der Waals surface area contributed by atoms with Gasteiger partial charge in [-0.3, -0.25) is 9.69 Å². The highest BCUT2D eigenvalue weighted by Gasteiger charge is 2.62. The van der Waals surface area contributed by atoms with E-state index in [-0.39, 0.29) is 23.4 Å². The van der Waals surface area contributed by atoms with Gasteiger partial charge in [-0.1, -0.05) is 24.3 Å². The first-order valence-corrected chi connectivity index (χ1v) is 9.13. The van der Waals surface area contributed by atoms with Gasteiger partial charge in [0, 0.05) is 24.6 Å². The topological polar surface area (TPSA) is 67.9 Å². The van der Waals surface area contributed by atoms with Crippen LogP contribution in [0.4, 0.5) is 0 Å². The predicted octanol–water partition coefficient (Wildman–Crippen LogP) is 3.12. The number of carbonyl (C=O) groups excluding carboxylic acids is 1. The monoisotopic (exact) mass is 363 g/mol. The van der Waals surface area contributed by atoms with Crippen LogP contribution in [0, 0.1) is 5.41 Å². The zero-order chi connectivity index (χ0) is 18.2. The Hall–Kier alpha value is -1.59. The van der Waals surface area contributed by atoms with Crippen LogP contribution in [0.2, 0.25) is 0 Å². The summed E-state index contributed by atoms with van der Waals surface area (Å²) in [5.41, 5.74) is 5.29. The van der Waals surface area contributed by atoms with E-state index in [1.807, 2.05) is 6.08 Å². The van der Waals surface area contributed by atoms with Gasteiger partial charge in [-0.05, 0) is 56.3 Å². The maximum Gasteiger partial charge on any atom is 0.262 e. The largest absolute Gasteiger partial charge is 0.381 e. The summed E-state index contributed by atoms with van der Waals surface area (Å²) in [6.07, 6.45) is 11.1. The van der Waals surface area contributed by atoms with Gasteiger partial charge >= 0.3 is 0 Å². The van der Waals surface area contributed by atoms with Crippen molar-refractivity contribution < 1.29 is 9.53 Å². The number of halogens is 1. The molecule has 1 atom stereocenters. The number of ether oxygens (including phenoxy) is 1. The molecule has 2 N–H and O–H groups in total. The first-order valence-electron chi connectivity index (χ1n) is 8.76. The van der Waals surface area contributed by atoms with Crippen molar-refractivity contribution in [2.24, 2.45) is 16.1 Å². The van der Waals surface area contributed by atoms with Gasteiger partial charge in [0.05, 0.1) is 6.10 Å². The zero-order valence-corrected chi connectivity index (χ0v) is 15.7. The fourth-order valence-corrected chi connectivity index (χ4v) is 4.80. The summed E-state index contributed by atoms with van der Waals surface area (Å²) in [5, 5.41) is 0.558. The average molecular weight is 364 g/mol. The van der Waals surface area contributed by atoms with E-state index >= 15 is 0 Å². The number of likely N-dealkylation sites (N-methyl/N-ethyl adjacent to an activating group) is 1. The molecule has 25 heavy (non-hydrogen) atoms. The van der Waals surface area contributed by atoms with E-state index in [2.05, 4.69) is 12.7 Å². The van der Waals surface area contributed by atoms with Crippen LogP contribution >= 0.6 is 11.6 Å². The second kappa shape index (κ2) is 6.61. The van der Waals surface area contributed by atoms with E-state index in [0.717, 1.165) is 38.5 Å². The number of nitrogens with two attached hydrogens (primary N) is 1. The molecule has 0 radical (unpaired) electrons. The number of hydrogen-bond acceptors (Lipinski definition) is 4. The number of rotatable bonds is 1. The van der Waals surface area contributed by atoms with E-state index in [1.165, 1.54) is 4.90 Å². The molecule has 1 fully saturated rings. The van der Waals surface area contributed by atoms with Crippen LogP contribution in [0.3, 0.4) is 0 Å². The van der Waals surface area contributed by atoms with E-state index in [9.17, 15) is 4.79 Å². The quantitative estimate of drug-likeness (QED) is 0.778. The van der Waals surface area contributed by atoms with Gasteiger partial charge in [0.15, 0.2) is 11.5 Å². The van der Waals surface area contributed by atoms with Crippen LogP contribution in [-0.2, 0) is 9.53 Å². The van der Waals surface area contributed by atoms with Crippen molar-refractivity contribution in [1.82, 2.24) is 4.90 Å². The number of guanidine groups is 1. The van der Waals surface area contributed by atoms with E-state index < -0.39 is 5.54 Å². The summed E-state index contributed by atoms with van der Waals surface area (Å²) >= 11 is 6.30. The van der Waals surface area contributed by atoms with Crippen LogP contribution < -0.4 is 5.73 Å². The minimum Gasteiger partial charge on any atom is -0.381 e. The standard InChI is InChI=1S/C19H26ClN3O2/c1-13-12-14(20)6-4-5-9-18(10-7-15(25-3)8-11-18)19(13)16(24)23(2)17(21)22-19/h4,6,12,15H,1,5,7-11H2,2-3H3,(H2,21,22)/b6-4-,14-12+. The number of carbonyl (C=O) groups is 1. The maximum absolute atomic E-state index is 13.4. The summed E-state index contributed by atoms with van der Waals surface area (Å²) in [6.45, 7) is 4.22. The van der Waals surface area contributed by atoms with Gasteiger partial charge in [-0.2, -0.15) is 0 Å². The van der Waals surface area contributed by atoms with Gasteiger partial charge in [-0.25, -0.2) is 4.99 Å². The SMILES string of the molecule is C=C1/C=C(Cl)\C=C/CCC2(CCC(OC)CC2)C12N=C(N)N(C)C2=O. The highest BCUT2D eigenvalue weighted by molar-refractivity contribution is 6.31. The molecule has 6 heteroatoms. The number of hydrogen-bond donors (Lipinski definition) is 1. The van der Waals surface area contributed by atoms with Gasteiger partial charge in [-0.15, -0.1) is 0 Å². The summed E-state index contributed by atoms with van der Waals surface area (Å²) in [7, 11) is 3.42. The van der Waals surface area contributed by atoms with Crippen molar-refractivity contribution in [3.8, 4) is 0 Å². The molecule has 1 amide bonds. The molecule has 3 rings (SSSR count). The first kappa shape index (κ1) is 18.2. The number of allylic oxidation sites excluding steroid dienone is 3. The van der Waals surface area contributed by atoms with Crippen LogP contribution in [0.25, 0.3) is 0 Å². The Kier molecular flexibility index (Phi) is 4.82. The molecule has 1 unspecified atom stereocenters. The molecule has 0 aromatic rings. The maximum atomic E-state index is 13.4. The molecule has 1 aliphatic heterocycles. The number of aliphatic imine (C=N–C) groups is 1. The molecule has 0 saturated heterocycles. The molecular formula is C19H26ClN3O2. The lowest BCUT2D eigenvalue weighted by atomic mass is 9.56. The number of amides is 1. The van der Waals surface area contributed by atoms with Crippen LogP contribution in [0.5, 0.6) is 0 Å². The molecule has 5 nitrogen and oxygen atoms in total. The van der Waals surface area contributed by atoms with Crippen LogP contribution in [-0.4, -0.2) is 42.6 Å². The number of fused-ring (bicyclic) bond motifs is 1. The lowest BCUT2D eigenvalue weighted by Crippen LogP contribution is -2.56. The molecular weight excluding hydrogens is 338 g/mol. The summed E-state index contributed by atoms with van der Waals surface area (Å²) in [5.74, 6) is 0.143. The lowest BCUT2D eigenvalue weighted by Gasteiger charge is -2.49. The Bertz CT molecular complexity index is 674. The number of methoxy groups -OCH3 is 1. The second-order valence-corrected chi connectivity index (χ2v) is 7.69. The van der Waals surface area contributed by atoms with Gasteiger partial charge < -0.3 is 10.5 Å². The highest BCUT2D eigenvalue weighted by Crippen LogP contribution is 2.56. The van der Waals surface area contributed by atoms with Gasteiger partial charge in [0.1, 0.15) is 0 Å². The Balaban J connectivity index is 2.14. The van der Waals surface area contributed by atoms with Crippen molar-refractivity contribution in [3.63, 3.8) is 0 Å². The van der Waals surface area contributed by atoms with Crippen molar-refractivity contribution in [3.05, 3.63) is 35.4 Å². The Morgan fingerprint density at radius 3 is 2.64 bits per heavy atom. The van der Waals surface area contributed by atoms with E-state index in [1.54, 1.807) is 20.2 Å². The first-order chi connectivity index (χ1) is 11.9. The second-order valence-electron chi connectivity index (χ2n) is 7.26. The average Bonchev–Trinajstić information content (AvgIpc) is 2.86. The molecule has 0 aromatic carbocycles.